The van der Waals surface area contributed by atoms with E-state index in [9.17, 15) is 5.11 Å². The lowest BCUT2D eigenvalue weighted by Gasteiger charge is -2.25. The molecule has 1 heterocycles. The summed E-state index contributed by atoms with van der Waals surface area (Å²) in [4.78, 5) is 2.22. The van der Waals surface area contributed by atoms with Crippen LogP contribution in [0.5, 0.6) is 0 Å². The number of nitrogens with one attached hydrogen (secondary N) is 1. The minimum atomic E-state index is -0.302. The van der Waals surface area contributed by atoms with Crippen molar-refractivity contribution in [2.45, 2.75) is 19.1 Å². The molecule has 0 saturated carbocycles. The van der Waals surface area contributed by atoms with Gasteiger partial charge in [-0.05, 0) is 25.1 Å². The maximum Gasteiger partial charge on any atom is 0.0839 e. The standard InChI is InChI=1S/C12H17BrN2O/c1-9-7-15(8-12(16)6-14-9)11-4-2-3-10(13)5-11/h2-5,9,12,14,16H,6-8H2,1H3. The van der Waals surface area contributed by atoms with Crippen LogP contribution in [-0.2, 0) is 0 Å². The van der Waals surface area contributed by atoms with Gasteiger partial charge in [0.05, 0.1) is 6.10 Å². The van der Waals surface area contributed by atoms with E-state index >= 15 is 0 Å². The highest BCUT2D eigenvalue weighted by Gasteiger charge is 2.19. The molecule has 0 bridgehead atoms. The number of anilines is 1. The molecule has 1 fully saturated rings. The molecular weight excluding hydrogens is 268 g/mol. The Labute approximate surface area is 105 Å². The first-order chi connectivity index (χ1) is 7.65. The fraction of sp³-hybridized carbons (Fsp3) is 0.500. The summed E-state index contributed by atoms with van der Waals surface area (Å²) in [6.45, 7) is 4.43. The van der Waals surface area contributed by atoms with Crippen LogP contribution in [0.15, 0.2) is 28.7 Å². The highest BCUT2D eigenvalue weighted by molar-refractivity contribution is 9.10. The van der Waals surface area contributed by atoms with Crippen LogP contribution in [0.1, 0.15) is 6.92 Å². The molecule has 1 aliphatic rings. The number of benzene rings is 1. The molecule has 0 spiro atoms. The fourth-order valence-electron chi connectivity index (χ4n) is 2.01. The van der Waals surface area contributed by atoms with Crippen molar-refractivity contribution in [1.82, 2.24) is 5.32 Å². The van der Waals surface area contributed by atoms with Gasteiger partial charge in [0.1, 0.15) is 0 Å². The molecule has 2 N–H and O–H groups in total. The molecular formula is C12H17BrN2O. The van der Waals surface area contributed by atoms with Crippen LogP contribution in [0, 0.1) is 0 Å². The molecule has 2 unspecified atom stereocenters. The first-order valence-electron chi connectivity index (χ1n) is 5.57. The number of hydrogen-bond donors (Lipinski definition) is 2. The van der Waals surface area contributed by atoms with E-state index in [1.54, 1.807) is 0 Å². The highest BCUT2D eigenvalue weighted by atomic mass is 79.9. The predicted molar refractivity (Wildman–Crippen MR) is 69.8 cm³/mol. The first kappa shape index (κ1) is 11.9. The van der Waals surface area contributed by atoms with E-state index in [1.165, 1.54) is 0 Å². The largest absolute Gasteiger partial charge is 0.390 e. The predicted octanol–water partition coefficient (Wildman–Crippen LogP) is 1.61. The number of aliphatic hydroxyl groups is 1. The lowest BCUT2D eigenvalue weighted by atomic mass is 10.2. The second kappa shape index (κ2) is 5.17. The average Bonchev–Trinajstić information content (AvgIpc) is 2.41. The number of rotatable bonds is 1. The summed E-state index contributed by atoms with van der Waals surface area (Å²) >= 11 is 3.47. The molecule has 1 aromatic carbocycles. The van der Waals surface area contributed by atoms with Crippen molar-refractivity contribution >= 4 is 21.6 Å². The number of β-amino-alcohol motifs (C(OH)–C–C–N with tert-alkyl or cyclic N) is 1. The van der Waals surface area contributed by atoms with Gasteiger partial charge in [0.25, 0.3) is 0 Å². The van der Waals surface area contributed by atoms with Gasteiger partial charge in [0, 0.05) is 35.8 Å². The Balaban J connectivity index is 2.18. The molecule has 2 rings (SSSR count). The summed E-state index contributed by atoms with van der Waals surface area (Å²) in [7, 11) is 0. The van der Waals surface area contributed by atoms with Crippen molar-refractivity contribution in [3.8, 4) is 0 Å². The van der Waals surface area contributed by atoms with Crippen LogP contribution >= 0.6 is 15.9 Å². The van der Waals surface area contributed by atoms with Crippen molar-refractivity contribution in [3.63, 3.8) is 0 Å². The molecule has 3 nitrogen and oxygen atoms in total. The van der Waals surface area contributed by atoms with Crippen molar-refractivity contribution in [1.29, 1.82) is 0 Å². The van der Waals surface area contributed by atoms with Crippen LogP contribution in [0.2, 0.25) is 0 Å². The molecule has 88 valence electrons. The molecule has 2 atom stereocenters. The van der Waals surface area contributed by atoms with E-state index in [2.05, 4.69) is 45.2 Å². The second-order valence-corrected chi connectivity index (χ2v) is 5.26. The second-order valence-electron chi connectivity index (χ2n) is 4.35. The van der Waals surface area contributed by atoms with Gasteiger partial charge in [-0.3, -0.25) is 0 Å². The molecule has 0 aromatic heterocycles. The van der Waals surface area contributed by atoms with Crippen LogP contribution < -0.4 is 10.2 Å². The van der Waals surface area contributed by atoms with Crippen molar-refractivity contribution in [3.05, 3.63) is 28.7 Å². The van der Waals surface area contributed by atoms with E-state index in [4.69, 9.17) is 0 Å². The van der Waals surface area contributed by atoms with Gasteiger partial charge < -0.3 is 15.3 Å². The lowest BCUT2D eigenvalue weighted by molar-refractivity contribution is 0.183. The zero-order valence-electron chi connectivity index (χ0n) is 9.36. The Bertz CT molecular complexity index is 347. The van der Waals surface area contributed by atoms with E-state index in [0.717, 1.165) is 16.7 Å². The first-order valence-corrected chi connectivity index (χ1v) is 6.36. The SMILES string of the molecule is CC1CN(c2cccc(Br)c2)CC(O)CN1. The summed E-state index contributed by atoms with van der Waals surface area (Å²) < 4.78 is 1.07. The molecule has 4 heteroatoms. The molecule has 0 aliphatic carbocycles. The monoisotopic (exact) mass is 284 g/mol. The van der Waals surface area contributed by atoms with Gasteiger partial charge in [-0.1, -0.05) is 22.0 Å². The normalized spacial score (nSPS) is 26.6. The molecule has 1 aromatic rings. The van der Waals surface area contributed by atoms with Gasteiger partial charge in [-0.15, -0.1) is 0 Å². The van der Waals surface area contributed by atoms with Gasteiger partial charge >= 0.3 is 0 Å². The van der Waals surface area contributed by atoms with E-state index in [-0.39, 0.29) is 6.10 Å². The summed E-state index contributed by atoms with van der Waals surface area (Å²) in [5.41, 5.74) is 1.16. The zero-order chi connectivity index (χ0) is 11.5. The summed E-state index contributed by atoms with van der Waals surface area (Å²) in [6, 6.07) is 8.60. The summed E-state index contributed by atoms with van der Waals surface area (Å²) in [6.07, 6.45) is -0.302. The van der Waals surface area contributed by atoms with Crippen molar-refractivity contribution in [2.75, 3.05) is 24.5 Å². The van der Waals surface area contributed by atoms with Crippen LogP contribution in [0.3, 0.4) is 0 Å². The third kappa shape index (κ3) is 2.97. The lowest BCUT2D eigenvalue weighted by Crippen LogP contribution is -2.35. The quantitative estimate of drug-likeness (QED) is 0.823. The molecule has 0 amide bonds. The molecule has 0 radical (unpaired) electrons. The van der Waals surface area contributed by atoms with E-state index < -0.39 is 0 Å². The fourth-order valence-corrected chi connectivity index (χ4v) is 2.40. The number of aliphatic hydroxyl groups excluding tert-OH is 1. The summed E-state index contributed by atoms with van der Waals surface area (Å²) in [5, 5.41) is 13.1. The van der Waals surface area contributed by atoms with Crippen molar-refractivity contribution in [2.24, 2.45) is 0 Å². The number of halogens is 1. The third-order valence-corrected chi connectivity index (χ3v) is 3.29. The minimum Gasteiger partial charge on any atom is -0.390 e. The zero-order valence-corrected chi connectivity index (χ0v) is 10.9. The van der Waals surface area contributed by atoms with Crippen LogP contribution in [0.4, 0.5) is 5.69 Å². The van der Waals surface area contributed by atoms with Gasteiger partial charge in [-0.2, -0.15) is 0 Å². The maximum absolute atomic E-state index is 9.79. The third-order valence-electron chi connectivity index (χ3n) is 2.80. The Morgan fingerprint density at radius 2 is 2.25 bits per heavy atom. The Kier molecular flexibility index (Phi) is 3.84. The Morgan fingerprint density at radius 3 is 3.00 bits per heavy atom. The number of nitrogens with zero attached hydrogens (tertiary/aromatic N) is 1. The van der Waals surface area contributed by atoms with Gasteiger partial charge in [0.2, 0.25) is 0 Å². The van der Waals surface area contributed by atoms with E-state index in [0.29, 0.717) is 19.1 Å². The number of hydrogen-bond acceptors (Lipinski definition) is 3. The van der Waals surface area contributed by atoms with Gasteiger partial charge in [-0.25, -0.2) is 0 Å². The highest BCUT2D eigenvalue weighted by Crippen LogP contribution is 2.21. The Morgan fingerprint density at radius 1 is 1.44 bits per heavy atom. The molecule has 1 saturated heterocycles. The van der Waals surface area contributed by atoms with Crippen LogP contribution in [0.25, 0.3) is 0 Å². The van der Waals surface area contributed by atoms with Crippen LogP contribution in [-0.4, -0.2) is 36.9 Å². The van der Waals surface area contributed by atoms with Gasteiger partial charge in [0.15, 0.2) is 0 Å². The Hall–Kier alpha value is -0.580. The van der Waals surface area contributed by atoms with Crippen molar-refractivity contribution < 1.29 is 5.11 Å². The summed E-state index contributed by atoms with van der Waals surface area (Å²) in [5.74, 6) is 0. The average molecular weight is 285 g/mol. The van der Waals surface area contributed by atoms with E-state index in [1.807, 2.05) is 12.1 Å². The molecule has 1 aliphatic heterocycles. The smallest absolute Gasteiger partial charge is 0.0839 e. The maximum atomic E-state index is 9.79. The molecule has 16 heavy (non-hydrogen) atoms. The topological polar surface area (TPSA) is 35.5 Å². The minimum absolute atomic E-state index is 0.302.